The molecule has 7 heteroatoms. The molecule has 0 spiro atoms. The summed E-state index contributed by atoms with van der Waals surface area (Å²) in [5, 5.41) is 3.76. The van der Waals surface area contributed by atoms with Crippen molar-refractivity contribution < 1.29 is 13.2 Å². The lowest BCUT2D eigenvalue weighted by molar-refractivity contribution is -0.117. The van der Waals surface area contributed by atoms with Crippen LogP contribution in [0.1, 0.15) is 11.1 Å². The van der Waals surface area contributed by atoms with Gasteiger partial charge in [-0.1, -0.05) is 54.1 Å². The Morgan fingerprint density at radius 1 is 0.935 bits per heavy atom. The van der Waals surface area contributed by atoms with Gasteiger partial charge in [0.1, 0.15) is 6.04 Å². The molecule has 0 aliphatic rings. The van der Waals surface area contributed by atoms with E-state index in [0.717, 1.165) is 22.0 Å². The van der Waals surface area contributed by atoms with Crippen LogP contribution in [0.3, 0.4) is 0 Å². The van der Waals surface area contributed by atoms with Gasteiger partial charge in [0.25, 0.3) is 0 Å². The Balaban J connectivity index is 1.64. The summed E-state index contributed by atoms with van der Waals surface area (Å²) in [6.45, 7) is 1.89. The molecule has 158 valence electrons. The summed E-state index contributed by atoms with van der Waals surface area (Å²) < 4.78 is 28.6. The van der Waals surface area contributed by atoms with E-state index >= 15 is 0 Å². The Hall–Kier alpha value is -3.42. The summed E-state index contributed by atoms with van der Waals surface area (Å²) in [4.78, 5) is 16.4. The molecule has 4 rings (SSSR count). The first-order chi connectivity index (χ1) is 14.9. The van der Waals surface area contributed by atoms with Gasteiger partial charge in [0, 0.05) is 22.8 Å². The van der Waals surface area contributed by atoms with Gasteiger partial charge < -0.3 is 10.3 Å². The lowest BCUT2D eigenvalue weighted by Gasteiger charge is -2.19. The molecular formula is C24H23N3O3S. The second-order valence-corrected chi connectivity index (χ2v) is 9.12. The molecule has 0 aliphatic carbocycles. The molecule has 0 unspecified atom stereocenters. The van der Waals surface area contributed by atoms with E-state index in [1.54, 1.807) is 36.4 Å². The normalized spacial score (nSPS) is 12.5. The van der Waals surface area contributed by atoms with Crippen molar-refractivity contribution in [2.45, 2.75) is 24.3 Å². The molecular weight excluding hydrogens is 410 g/mol. The van der Waals surface area contributed by atoms with Crippen LogP contribution in [0, 0.1) is 6.92 Å². The number of anilines is 1. The topological polar surface area (TPSA) is 91.1 Å². The summed E-state index contributed by atoms with van der Waals surface area (Å²) in [6.07, 6.45) is 2.02. The molecule has 6 nitrogen and oxygen atoms in total. The fourth-order valence-electron chi connectivity index (χ4n) is 3.43. The van der Waals surface area contributed by atoms with Crippen LogP contribution in [0.25, 0.3) is 10.9 Å². The smallest absolute Gasteiger partial charge is 0.242 e. The number of para-hydroxylation sites is 2. The fraction of sp³-hybridized carbons (Fsp3) is 0.125. The van der Waals surface area contributed by atoms with E-state index in [0.29, 0.717) is 5.69 Å². The quantitative estimate of drug-likeness (QED) is 0.411. The minimum absolute atomic E-state index is 0.120. The molecule has 3 aromatic carbocycles. The molecule has 0 bridgehead atoms. The molecule has 0 radical (unpaired) electrons. The minimum atomic E-state index is -3.89. The van der Waals surface area contributed by atoms with Gasteiger partial charge in [0.05, 0.1) is 4.90 Å². The van der Waals surface area contributed by atoms with Crippen LogP contribution in [0.5, 0.6) is 0 Å². The van der Waals surface area contributed by atoms with Crippen LogP contribution in [-0.4, -0.2) is 25.4 Å². The molecule has 1 aromatic heterocycles. The third-order valence-corrected chi connectivity index (χ3v) is 6.57. The van der Waals surface area contributed by atoms with Crippen molar-refractivity contribution in [3.8, 4) is 0 Å². The second kappa shape index (κ2) is 8.75. The van der Waals surface area contributed by atoms with Crippen LogP contribution in [0.15, 0.2) is 90.0 Å². The highest BCUT2D eigenvalue weighted by atomic mass is 32.2. The number of hydrogen-bond acceptors (Lipinski definition) is 3. The van der Waals surface area contributed by atoms with Crippen molar-refractivity contribution in [2.24, 2.45) is 0 Å². The zero-order valence-electron chi connectivity index (χ0n) is 17.0. The van der Waals surface area contributed by atoms with Gasteiger partial charge in [0.2, 0.25) is 15.9 Å². The SMILES string of the molecule is Cc1ccc(S(=O)(=O)N[C@@H](Cc2c[nH]c3ccccc23)C(=O)Nc2ccccc2)cc1. The van der Waals surface area contributed by atoms with Gasteiger partial charge in [-0.3, -0.25) is 4.79 Å². The Morgan fingerprint density at radius 2 is 1.61 bits per heavy atom. The van der Waals surface area contributed by atoms with Gasteiger partial charge in [0.15, 0.2) is 0 Å². The first-order valence-corrected chi connectivity index (χ1v) is 11.4. The molecule has 1 heterocycles. The third-order valence-electron chi connectivity index (χ3n) is 5.09. The predicted octanol–water partition coefficient (Wildman–Crippen LogP) is 4.00. The number of fused-ring (bicyclic) bond motifs is 1. The highest BCUT2D eigenvalue weighted by Crippen LogP contribution is 2.21. The zero-order valence-corrected chi connectivity index (χ0v) is 17.8. The standard InChI is InChI=1S/C24H23N3O3S/c1-17-11-13-20(14-12-17)31(29,30)27-23(24(28)26-19-7-3-2-4-8-19)15-18-16-25-22-10-6-5-9-21(18)22/h2-14,16,23,25,27H,15H2,1H3,(H,26,28)/t23-/m0/s1. The molecule has 1 atom stereocenters. The number of carbonyl (C=O) groups is 1. The van der Waals surface area contributed by atoms with Crippen LogP contribution >= 0.6 is 0 Å². The number of amides is 1. The van der Waals surface area contributed by atoms with E-state index < -0.39 is 22.0 Å². The number of nitrogens with one attached hydrogen (secondary N) is 3. The lowest BCUT2D eigenvalue weighted by atomic mass is 10.0. The van der Waals surface area contributed by atoms with E-state index in [1.807, 2.05) is 43.5 Å². The molecule has 3 N–H and O–H groups in total. The van der Waals surface area contributed by atoms with Gasteiger partial charge in [-0.2, -0.15) is 4.72 Å². The average Bonchev–Trinajstić information content (AvgIpc) is 3.17. The van der Waals surface area contributed by atoms with Crippen molar-refractivity contribution in [1.82, 2.24) is 9.71 Å². The number of benzene rings is 3. The Kier molecular flexibility index (Phi) is 5.88. The van der Waals surface area contributed by atoms with E-state index in [1.165, 1.54) is 12.1 Å². The van der Waals surface area contributed by atoms with E-state index in [2.05, 4.69) is 15.0 Å². The number of sulfonamides is 1. The van der Waals surface area contributed by atoms with E-state index in [-0.39, 0.29) is 11.3 Å². The van der Waals surface area contributed by atoms with Crippen molar-refractivity contribution in [3.05, 3.63) is 96.2 Å². The lowest BCUT2D eigenvalue weighted by Crippen LogP contribution is -2.45. The number of H-pyrrole nitrogens is 1. The third kappa shape index (κ3) is 4.84. The summed E-state index contributed by atoms with van der Waals surface area (Å²) >= 11 is 0. The first-order valence-electron chi connectivity index (χ1n) is 9.92. The fourth-order valence-corrected chi connectivity index (χ4v) is 4.63. The maximum atomic E-state index is 13.1. The Morgan fingerprint density at radius 3 is 2.35 bits per heavy atom. The number of aromatic nitrogens is 1. The van der Waals surface area contributed by atoms with Crippen LogP contribution in [-0.2, 0) is 21.2 Å². The minimum Gasteiger partial charge on any atom is -0.361 e. The van der Waals surface area contributed by atoms with Crippen molar-refractivity contribution >= 4 is 32.5 Å². The first kappa shape index (κ1) is 20.8. The number of aryl methyl sites for hydroxylation is 1. The maximum Gasteiger partial charge on any atom is 0.242 e. The molecule has 4 aromatic rings. The molecule has 0 saturated carbocycles. The summed E-state index contributed by atoms with van der Waals surface area (Å²) in [5.41, 5.74) is 3.35. The molecule has 0 aliphatic heterocycles. The molecule has 1 amide bonds. The molecule has 0 fully saturated rings. The molecule has 0 saturated heterocycles. The van der Waals surface area contributed by atoms with Gasteiger partial charge in [-0.05, 0) is 49.2 Å². The van der Waals surface area contributed by atoms with E-state index in [4.69, 9.17) is 0 Å². The average molecular weight is 434 g/mol. The highest BCUT2D eigenvalue weighted by Gasteiger charge is 2.27. The largest absolute Gasteiger partial charge is 0.361 e. The van der Waals surface area contributed by atoms with E-state index in [9.17, 15) is 13.2 Å². The molecule has 31 heavy (non-hydrogen) atoms. The summed E-state index contributed by atoms with van der Waals surface area (Å²) in [7, 11) is -3.89. The monoisotopic (exact) mass is 433 g/mol. The zero-order chi connectivity index (χ0) is 21.8. The van der Waals surface area contributed by atoms with Crippen molar-refractivity contribution in [1.29, 1.82) is 0 Å². The number of hydrogen-bond donors (Lipinski definition) is 3. The number of aromatic amines is 1. The summed E-state index contributed by atoms with van der Waals surface area (Å²) in [6, 6.07) is 22.2. The second-order valence-electron chi connectivity index (χ2n) is 7.41. The number of carbonyl (C=O) groups excluding carboxylic acids is 1. The predicted molar refractivity (Wildman–Crippen MR) is 122 cm³/mol. The highest BCUT2D eigenvalue weighted by molar-refractivity contribution is 7.89. The van der Waals surface area contributed by atoms with Gasteiger partial charge in [-0.15, -0.1) is 0 Å². The van der Waals surface area contributed by atoms with Crippen molar-refractivity contribution in [3.63, 3.8) is 0 Å². The van der Waals surface area contributed by atoms with Gasteiger partial charge in [-0.25, -0.2) is 8.42 Å². The van der Waals surface area contributed by atoms with Gasteiger partial charge >= 0.3 is 0 Å². The van der Waals surface area contributed by atoms with Crippen LogP contribution in [0.4, 0.5) is 5.69 Å². The van der Waals surface area contributed by atoms with Crippen LogP contribution in [0.2, 0.25) is 0 Å². The van der Waals surface area contributed by atoms with Crippen LogP contribution < -0.4 is 10.0 Å². The Bertz CT molecular complexity index is 1300. The van der Waals surface area contributed by atoms with Crippen molar-refractivity contribution in [2.75, 3.05) is 5.32 Å². The summed E-state index contributed by atoms with van der Waals surface area (Å²) in [5.74, 6) is -0.424. The Labute approximate surface area is 181 Å². The number of rotatable bonds is 7. The maximum absolute atomic E-state index is 13.1.